The van der Waals surface area contributed by atoms with Crippen molar-refractivity contribution < 1.29 is 0 Å². The monoisotopic (exact) mass is 241 g/mol. The number of nitrogens with one attached hydrogen (secondary N) is 2. The third-order valence-corrected chi connectivity index (χ3v) is 3.01. The van der Waals surface area contributed by atoms with Crippen LogP contribution < -0.4 is 5.32 Å². The van der Waals surface area contributed by atoms with E-state index in [1.807, 2.05) is 29.2 Å². The van der Waals surface area contributed by atoms with E-state index < -0.39 is 0 Å². The summed E-state index contributed by atoms with van der Waals surface area (Å²) < 4.78 is 0. The quantitative estimate of drug-likeness (QED) is 0.472. The lowest BCUT2D eigenvalue weighted by atomic mass is 10.1. The number of hydrogen-bond donors (Lipinski definition) is 2. The Morgan fingerprint density at radius 2 is 2.11 bits per heavy atom. The van der Waals surface area contributed by atoms with Crippen LogP contribution in [0.4, 0.5) is 0 Å². The summed E-state index contributed by atoms with van der Waals surface area (Å²) in [5.41, 5.74) is 2.41. The van der Waals surface area contributed by atoms with Crippen LogP contribution in [0, 0.1) is 5.41 Å². The molecule has 18 heavy (non-hydrogen) atoms. The summed E-state index contributed by atoms with van der Waals surface area (Å²) in [6.45, 7) is 5.12. The molecule has 3 nitrogen and oxygen atoms in total. The molecule has 0 atom stereocenters. The van der Waals surface area contributed by atoms with E-state index in [0.717, 1.165) is 12.8 Å². The Morgan fingerprint density at radius 1 is 1.39 bits per heavy atom. The van der Waals surface area contributed by atoms with Gasteiger partial charge in [0, 0.05) is 18.8 Å². The van der Waals surface area contributed by atoms with Crippen LogP contribution in [-0.2, 0) is 6.54 Å². The third-order valence-electron chi connectivity index (χ3n) is 3.01. The van der Waals surface area contributed by atoms with Gasteiger partial charge in [0.1, 0.15) is 0 Å². The van der Waals surface area contributed by atoms with Crippen molar-refractivity contribution in [3.05, 3.63) is 60.3 Å². The number of rotatable bonds is 5. The summed E-state index contributed by atoms with van der Waals surface area (Å²) in [5.74, 6) is 0.449. The van der Waals surface area contributed by atoms with E-state index in [2.05, 4.69) is 30.1 Å². The highest BCUT2D eigenvalue weighted by molar-refractivity contribution is 5.79. The Morgan fingerprint density at radius 3 is 2.67 bits per heavy atom. The van der Waals surface area contributed by atoms with Crippen molar-refractivity contribution in [2.45, 2.75) is 19.4 Å². The predicted octanol–water partition coefficient (Wildman–Crippen LogP) is 2.88. The van der Waals surface area contributed by atoms with Crippen molar-refractivity contribution in [1.29, 1.82) is 5.41 Å². The summed E-state index contributed by atoms with van der Waals surface area (Å²) >= 11 is 0. The van der Waals surface area contributed by atoms with Crippen LogP contribution in [0.1, 0.15) is 18.4 Å². The van der Waals surface area contributed by atoms with E-state index in [4.69, 9.17) is 5.41 Å². The summed E-state index contributed by atoms with van der Waals surface area (Å²) in [5, 5.41) is 11.2. The lowest BCUT2D eigenvalue weighted by molar-refractivity contribution is 0.486. The molecule has 0 amide bonds. The van der Waals surface area contributed by atoms with Gasteiger partial charge in [-0.3, -0.25) is 5.41 Å². The molecular formula is C15H19N3. The molecule has 0 saturated carbocycles. The van der Waals surface area contributed by atoms with Crippen molar-refractivity contribution in [1.82, 2.24) is 10.2 Å². The van der Waals surface area contributed by atoms with Gasteiger partial charge >= 0.3 is 0 Å². The lowest BCUT2D eigenvalue weighted by Crippen LogP contribution is -2.40. The molecule has 0 heterocycles. The minimum absolute atomic E-state index is 0.449. The predicted molar refractivity (Wildman–Crippen MR) is 75.2 cm³/mol. The number of guanidine groups is 1. The second-order valence-corrected chi connectivity index (χ2v) is 4.32. The number of benzene rings is 1. The first-order valence-corrected chi connectivity index (χ1v) is 6.25. The van der Waals surface area contributed by atoms with Gasteiger partial charge in [0.2, 0.25) is 0 Å². The van der Waals surface area contributed by atoms with Gasteiger partial charge in [-0.05, 0) is 18.4 Å². The molecule has 1 aromatic carbocycles. The lowest BCUT2D eigenvalue weighted by Gasteiger charge is -2.30. The molecular weight excluding hydrogens is 222 g/mol. The molecule has 0 aromatic heterocycles. The zero-order valence-electron chi connectivity index (χ0n) is 10.5. The fourth-order valence-electron chi connectivity index (χ4n) is 1.88. The van der Waals surface area contributed by atoms with E-state index in [1.54, 1.807) is 0 Å². The second kappa shape index (κ2) is 6.05. The summed E-state index contributed by atoms with van der Waals surface area (Å²) in [6, 6.07) is 10.1. The zero-order valence-corrected chi connectivity index (χ0v) is 10.5. The van der Waals surface area contributed by atoms with E-state index in [1.165, 1.54) is 11.3 Å². The average Bonchev–Trinajstić information content (AvgIpc) is 2.34. The molecule has 3 heteroatoms. The van der Waals surface area contributed by atoms with Crippen LogP contribution in [0.2, 0.25) is 0 Å². The first kappa shape index (κ1) is 12.4. The molecule has 2 rings (SSSR count). The van der Waals surface area contributed by atoms with Crippen molar-refractivity contribution in [3.8, 4) is 0 Å². The minimum Gasteiger partial charge on any atom is -0.352 e. The van der Waals surface area contributed by atoms with E-state index in [-0.39, 0.29) is 0 Å². The first-order chi connectivity index (χ1) is 8.81. The summed E-state index contributed by atoms with van der Waals surface area (Å²) in [7, 11) is 0. The van der Waals surface area contributed by atoms with Crippen molar-refractivity contribution in [3.63, 3.8) is 0 Å². The maximum Gasteiger partial charge on any atom is 0.195 e. The van der Waals surface area contributed by atoms with Crippen molar-refractivity contribution in [2.75, 3.05) is 6.54 Å². The van der Waals surface area contributed by atoms with Crippen molar-refractivity contribution in [2.24, 2.45) is 0 Å². The highest BCUT2D eigenvalue weighted by atomic mass is 15.3. The highest BCUT2D eigenvalue weighted by Gasteiger charge is 2.17. The van der Waals surface area contributed by atoms with Gasteiger partial charge in [0.15, 0.2) is 5.96 Å². The maximum absolute atomic E-state index is 8.09. The molecule has 1 aromatic rings. The van der Waals surface area contributed by atoms with Gasteiger partial charge < -0.3 is 10.2 Å². The Labute approximate surface area is 108 Å². The molecule has 1 aliphatic rings. The minimum atomic E-state index is 0.449. The number of nitrogens with zero attached hydrogens (tertiary/aromatic N) is 1. The first-order valence-electron chi connectivity index (χ1n) is 6.25. The second-order valence-electron chi connectivity index (χ2n) is 4.32. The largest absolute Gasteiger partial charge is 0.352 e. The highest BCUT2D eigenvalue weighted by Crippen LogP contribution is 2.21. The van der Waals surface area contributed by atoms with E-state index in [9.17, 15) is 0 Å². The topological polar surface area (TPSA) is 39.1 Å². The summed E-state index contributed by atoms with van der Waals surface area (Å²) in [6.07, 6.45) is 6.18. The van der Waals surface area contributed by atoms with Crippen LogP contribution in [-0.4, -0.2) is 17.4 Å². The maximum atomic E-state index is 8.09. The molecule has 2 N–H and O–H groups in total. The Balaban J connectivity index is 1.91. The van der Waals surface area contributed by atoms with E-state index in [0.29, 0.717) is 19.0 Å². The molecule has 0 radical (unpaired) electrons. The number of allylic oxidation sites excluding steroid dienone is 2. The van der Waals surface area contributed by atoms with Gasteiger partial charge in [-0.1, -0.05) is 42.5 Å². The van der Waals surface area contributed by atoms with Gasteiger partial charge in [0.25, 0.3) is 0 Å². The molecule has 1 aliphatic carbocycles. The van der Waals surface area contributed by atoms with E-state index >= 15 is 0 Å². The van der Waals surface area contributed by atoms with Gasteiger partial charge in [-0.25, -0.2) is 0 Å². The van der Waals surface area contributed by atoms with Crippen molar-refractivity contribution >= 4 is 5.96 Å². The Hall–Kier alpha value is -2.03. The number of hydrogen-bond acceptors (Lipinski definition) is 1. The summed E-state index contributed by atoms with van der Waals surface area (Å²) in [4.78, 5) is 1.97. The van der Waals surface area contributed by atoms with Gasteiger partial charge in [-0.2, -0.15) is 0 Å². The SMILES string of the molecule is C=CCN(C(=N)NCc1ccccc1)C1=CCC1. The molecule has 0 spiro atoms. The molecule has 0 bridgehead atoms. The molecule has 94 valence electrons. The van der Waals surface area contributed by atoms with Crippen LogP contribution in [0.25, 0.3) is 0 Å². The van der Waals surface area contributed by atoms with Gasteiger partial charge in [0.05, 0.1) is 0 Å². The van der Waals surface area contributed by atoms with Crippen LogP contribution >= 0.6 is 0 Å². The molecule has 0 fully saturated rings. The van der Waals surface area contributed by atoms with Gasteiger partial charge in [-0.15, -0.1) is 6.58 Å². The Kier molecular flexibility index (Phi) is 4.18. The standard InChI is InChI=1S/C15H19N3/c1-2-11-18(14-9-6-10-14)15(16)17-12-13-7-4-3-5-8-13/h2-5,7-9H,1,6,10-12H2,(H2,16,17). The van der Waals surface area contributed by atoms with Crippen LogP contribution in [0.3, 0.4) is 0 Å². The smallest absolute Gasteiger partial charge is 0.195 e. The molecule has 0 saturated heterocycles. The fourth-order valence-corrected chi connectivity index (χ4v) is 1.88. The molecule has 0 aliphatic heterocycles. The zero-order chi connectivity index (χ0) is 12.8. The fraction of sp³-hybridized carbons (Fsp3) is 0.267. The Bertz CT molecular complexity index is 448. The average molecular weight is 241 g/mol. The van der Waals surface area contributed by atoms with Crippen LogP contribution in [0.5, 0.6) is 0 Å². The third kappa shape index (κ3) is 3.00. The normalized spacial score (nSPS) is 13.2. The van der Waals surface area contributed by atoms with Crippen LogP contribution in [0.15, 0.2) is 54.8 Å². The molecule has 0 unspecified atom stereocenters.